The Morgan fingerprint density at radius 3 is 2.31 bits per heavy atom. The molecule has 0 radical (unpaired) electrons. The molecule has 7 nitrogen and oxygen atoms in total. The first-order chi connectivity index (χ1) is 17.2. The quantitative estimate of drug-likeness (QED) is 0.269. The molecule has 1 aliphatic heterocycles. The van der Waals surface area contributed by atoms with Crippen molar-refractivity contribution in [3.8, 4) is 11.5 Å². The molecule has 0 spiro atoms. The van der Waals surface area contributed by atoms with Crippen LogP contribution in [0, 0.1) is 0 Å². The van der Waals surface area contributed by atoms with E-state index in [0.717, 1.165) is 22.9 Å². The monoisotopic (exact) mass is 500 g/mol. The molecule has 0 atom stereocenters. The van der Waals surface area contributed by atoms with Gasteiger partial charge in [-0.1, -0.05) is 51.1 Å². The largest absolute Gasteiger partial charge is 0.478 e. The Morgan fingerprint density at radius 2 is 1.58 bits per heavy atom. The van der Waals surface area contributed by atoms with Crippen LogP contribution < -0.4 is 9.47 Å². The van der Waals surface area contributed by atoms with Crippen LogP contribution in [-0.2, 0) is 16.6 Å². The highest BCUT2D eigenvalue weighted by molar-refractivity contribution is 7.00. The van der Waals surface area contributed by atoms with E-state index in [0.29, 0.717) is 33.7 Å². The van der Waals surface area contributed by atoms with Crippen LogP contribution in [0.1, 0.15) is 47.8 Å². The molecule has 36 heavy (non-hydrogen) atoms. The molecule has 1 aromatic heterocycles. The van der Waals surface area contributed by atoms with E-state index >= 15 is 0 Å². The summed E-state index contributed by atoms with van der Waals surface area (Å²) in [6, 6.07) is 17.9. The molecule has 2 heterocycles. The van der Waals surface area contributed by atoms with Crippen LogP contribution in [0.2, 0.25) is 0 Å². The summed E-state index contributed by atoms with van der Waals surface area (Å²) in [5.41, 5.74) is 4.06. The van der Waals surface area contributed by atoms with Crippen LogP contribution in [0.5, 0.6) is 11.5 Å². The first-order valence-corrected chi connectivity index (χ1v) is 12.2. The fraction of sp³-hybridized carbons (Fsp3) is 0.214. The Bertz CT molecular complexity index is 1510. The summed E-state index contributed by atoms with van der Waals surface area (Å²) in [4.78, 5) is 26.5. The molecule has 4 aromatic rings. The second-order valence-electron chi connectivity index (χ2n) is 9.65. The fourth-order valence-electron chi connectivity index (χ4n) is 4.19. The molecule has 0 aliphatic carbocycles. The fourth-order valence-corrected chi connectivity index (χ4v) is 4.70. The molecule has 0 unspecified atom stereocenters. The number of Topliss-reactive ketones (excluding diaryl/α,β-unsaturated/α-hetero) is 1. The third kappa shape index (κ3) is 4.59. The first-order valence-electron chi connectivity index (χ1n) is 11.4. The van der Waals surface area contributed by atoms with Crippen molar-refractivity contribution in [3.05, 3.63) is 88.5 Å². The number of benzene rings is 3. The van der Waals surface area contributed by atoms with E-state index in [1.54, 1.807) is 36.4 Å². The van der Waals surface area contributed by atoms with Gasteiger partial charge in [-0.15, -0.1) is 0 Å². The van der Waals surface area contributed by atoms with Crippen molar-refractivity contribution in [2.75, 3.05) is 6.79 Å². The lowest BCUT2D eigenvalue weighted by molar-refractivity contribution is -0.130. The number of hydrogen-bond donors (Lipinski definition) is 1. The van der Waals surface area contributed by atoms with Gasteiger partial charge in [-0.3, -0.25) is 4.79 Å². The van der Waals surface area contributed by atoms with Gasteiger partial charge in [0.05, 0.1) is 17.3 Å². The maximum absolute atomic E-state index is 13.9. The topological polar surface area (TPSA) is 98.6 Å². The molecule has 3 aromatic carbocycles. The highest BCUT2D eigenvalue weighted by Crippen LogP contribution is 2.35. The lowest BCUT2D eigenvalue weighted by Gasteiger charge is -2.19. The Balaban J connectivity index is 1.64. The zero-order valence-electron chi connectivity index (χ0n) is 20.1. The van der Waals surface area contributed by atoms with Gasteiger partial charge in [0, 0.05) is 17.6 Å². The number of allylic oxidation sites excluding steroid dienone is 1. The average molecular weight is 501 g/mol. The molecule has 0 fully saturated rings. The van der Waals surface area contributed by atoms with Gasteiger partial charge in [-0.05, 0) is 52.4 Å². The van der Waals surface area contributed by atoms with Crippen LogP contribution in [-0.4, -0.2) is 32.4 Å². The summed E-state index contributed by atoms with van der Waals surface area (Å²) < 4.78 is 19.2. The van der Waals surface area contributed by atoms with Crippen molar-refractivity contribution >= 4 is 40.1 Å². The minimum atomic E-state index is -1.19. The van der Waals surface area contributed by atoms with E-state index in [2.05, 4.69) is 29.5 Å². The maximum atomic E-state index is 13.9. The lowest BCUT2D eigenvalue weighted by atomic mass is 9.85. The van der Waals surface area contributed by atoms with E-state index in [1.165, 1.54) is 0 Å². The van der Waals surface area contributed by atoms with Crippen molar-refractivity contribution in [1.29, 1.82) is 0 Å². The Kier molecular flexibility index (Phi) is 6.05. The van der Waals surface area contributed by atoms with Crippen molar-refractivity contribution < 1.29 is 24.2 Å². The normalized spacial score (nSPS) is 13.5. The van der Waals surface area contributed by atoms with Gasteiger partial charge in [0.15, 0.2) is 17.3 Å². The molecule has 0 saturated carbocycles. The number of aromatic nitrogens is 2. The number of hydrogen-bond acceptors (Lipinski definition) is 7. The Morgan fingerprint density at radius 1 is 0.889 bits per heavy atom. The smallest absolute Gasteiger partial charge is 0.336 e. The van der Waals surface area contributed by atoms with Crippen molar-refractivity contribution in [2.45, 2.75) is 32.6 Å². The number of rotatable bonds is 6. The van der Waals surface area contributed by atoms with E-state index in [1.807, 2.05) is 24.3 Å². The van der Waals surface area contributed by atoms with Crippen LogP contribution in [0.25, 0.3) is 16.6 Å². The van der Waals surface area contributed by atoms with Gasteiger partial charge in [-0.25, -0.2) is 4.79 Å². The molecule has 1 aliphatic rings. The number of ether oxygens (including phenoxy) is 2. The Labute approximate surface area is 212 Å². The number of fused-ring (bicyclic) bond motifs is 2. The minimum Gasteiger partial charge on any atom is -0.478 e. The standard InChI is InChI=1S/C28H24N2O5S/c1-28(2,3)19-8-4-16(5-9-19)12-20(26(31)18-7-11-23-24(14-18)35-15-34-23)25(27(32)33)17-6-10-21-22(13-17)30-36-29-21/h4-11,13-14H,12,15H2,1-3H3,(H,32,33). The molecule has 0 amide bonds. The SMILES string of the molecule is CC(C)(C)c1ccc(CC(C(=O)c2ccc3c(c2)OCO3)=C(C(=O)O)c2ccc3nsnc3c2)cc1. The zero-order valence-corrected chi connectivity index (χ0v) is 20.9. The third-order valence-corrected chi connectivity index (χ3v) is 6.72. The summed E-state index contributed by atoms with van der Waals surface area (Å²) in [7, 11) is 0. The molecule has 8 heteroatoms. The number of carboxylic acid groups (broad SMARTS) is 1. The molecule has 5 rings (SSSR count). The van der Waals surface area contributed by atoms with Crippen LogP contribution in [0.15, 0.2) is 66.2 Å². The van der Waals surface area contributed by atoms with Gasteiger partial charge in [0.2, 0.25) is 6.79 Å². The first kappa shape index (κ1) is 23.7. The second kappa shape index (κ2) is 9.20. The highest BCUT2D eigenvalue weighted by Gasteiger charge is 2.26. The number of carbonyl (C=O) groups is 2. The number of nitrogens with zero attached hydrogens (tertiary/aromatic N) is 2. The van der Waals surface area contributed by atoms with Gasteiger partial charge in [0.1, 0.15) is 11.0 Å². The maximum Gasteiger partial charge on any atom is 0.336 e. The predicted octanol–water partition coefficient (Wildman–Crippen LogP) is 5.68. The zero-order chi connectivity index (χ0) is 25.4. The van der Waals surface area contributed by atoms with E-state index < -0.39 is 5.97 Å². The van der Waals surface area contributed by atoms with Crippen molar-refractivity contribution in [1.82, 2.24) is 8.75 Å². The predicted molar refractivity (Wildman–Crippen MR) is 138 cm³/mol. The average Bonchev–Trinajstić information content (AvgIpc) is 3.51. The summed E-state index contributed by atoms with van der Waals surface area (Å²) >= 11 is 1.05. The molecule has 0 bridgehead atoms. The highest BCUT2D eigenvalue weighted by atomic mass is 32.1. The van der Waals surface area contributed by atoms with Gasteiger partial charge < -0.3 is 14.6 Å². The number of ketones is 1. The van der Waals surface area contributed by atoms with Crippen LogP contribution in [0.3, 0.4) is 0 Å². The number of aliphatic carboxylic acids is 1. The number of carbonyl (C=O) groups excluding carboxylic acids is 1. The second-order valence-corrected chi connectivity index (χ2v) is 10.2. The molecule has 182 valence electrons. The van der Waals surface area contributed by atoms with Crippen LogP contribution >= 0.6 is 11.7 Å². The van der Waals surface area contributed by atoms with E-state index in [-0.39, 0.29) is 35.6 Å². The molecule has 1 N–H and O–H groups in total. The van der Waals surface area contributed by atoms with Gasteiger partial charge >= 0.3 is 5.97 Å². The molecular weight excluding hydrogens is 476 g/mol. The van der Waals surface area contributed by atoms with Gasteiger partial charge in [-0.2, -0.15) is 8.75 Å². The number of carboxylic acids is 1. The van der Waals surface area contributed by atoms with E-state index in [9.17, 15) is 14.7 Å². The third-order valence-electron chi connectivity index (χ3n) is 6.17. The summed E-state index contributed by atoms with van der Waals surface area (Å²) in [5, 5.41) is 10.3. The molecule has 0 saturated heterocycles. The van der Waals surface area contributed by atoms with Crippen molar-refractivity contribution in [3.63, 3.8) is 0 Å². The van der Waals surface area contributed by atoms with Crippen LogP contribution in [0.4, 0.5) is 0 Å². The minimum absolute atomic E-state index is 0.0251. The van der Waals surface area contributed by atoms with E-state index in [4.69, 9.17) is 9.47 Å². The summed E-state index contributed by atoms with van der Waals surface area (Å²) in [5.74, 6) is -0.564. The Hall–Kier alpha value is -4.04. The lowest BCUT2D eigenvalue weighted by Crippen LogP contribution is -2.14. The summed E-state index contributed by atoms with van der Waals surface area (Å²) in [6.07, 6.45) is 0.146. The summed E-state index contributed by atoms with van der Waals surface area (Å²) in [6.45, 7) is 6.46. The molecular formula is C28H24N2O5S. The van der Waals surface area contributed by atoms with Gasteiger partial charge in [0.25, 0.3) is 0 Å². The van der Waals surface area contributed by atoms with Crippen molar-refractivity contribution in [2.24, 2.45) is 0 Å².